The third kappa shape index (κ3) is 8.98. The van der Waals surface area contributed by atoms with Gasteiger partial charge in [0.15, 0.2) is 5.96 Å². The minimum atomic E-state index is -4.69. The summed E-state index contributed by atoms with van der Waals surface area (Å²) in [5, 5.41) is 6.20. The van der Waals surface area contributed by atoms with Crippen LogP contribution in [0.3, 0.4) is 0 Å². The summed E-state index contributed by atoms with van der Waals surface area (Å²) in [6.07, 6.45) is -2.01. The number of carbonyl (C=O) groups is 1. The molecule has 0 unspecified atom stereocenters. The lowest BCUT2D eigenvalue weighted by molar-refractivity contribution is -0.274. The first-order valence-corrected chi connectivity index (χ1v) is 9.02. The highest BCUT2D eigenvalue weighted by Gasteiger charge is 2.30. The molecule has 1 saturated heterocycles. The molecule has 1 heterocycles. The second kappa shape index (κ2) is 12.0. The first-order valence-electron chi connectivity index (χ1n) is 9.02. The number of benzene rings is 1. The Balaban J connectivity index is 0.00000392. The smallest absolute Gasteiger partial charge is 0.406 e. The minimum absolute atomic E-state index is 0. The molecule has 158 valence electrons. The van der Waals surface area contributed by atoms with Crippen LogP contribution in [-0.2, 0) is 11.2 Å². The van der Waals surface area contributed by atoms with E-state index in [1.54, 1.807) is 12.1 Å². The monoisotopic (exact) mass is 514 g/mol. The predicted octanol–water partition coefficient (Wildman–Crippen LogP) is 2.92. The van der Waals surface area contributed by atoms with Crippen molar-refractivity contribution in [2.75, 3.05) is 32.7 Å². The van der Waals surface area contributed by atoms with Crippen molar-refractivity contribution in [3.63, 3.8) is 0 Å². The zero-order chi connectivity index (χ0) is 19.7. The van der Waals surface area contributed by atoms with Crippen molar-refractivity contribution < 1.29 is 22.7 Å². The molecule has 10 heteroatoms. The lowest BCUT2D eigenvalue weighted by Gasteiger charge is -2.15. The molecule has 28 heavy (non-hydrogen) atoms. The second-order valence-electron chi connectivity index (χ2n) is 6.15. The molecule has 2 N–H and O–H groups in total. The number of carbonyl (C=O) groups excluding carboxylic acids is 1. The standard InChI is InChI=1S/C18H25F3N4O2.HI/c1-2-22-17(24-13-16(26)25-11-3-4-12-25)23-10-9-14-5-7-15(8-6-14)27-18(19,20)21;/h5-8H,2-4,9-13H2,1H3,(H2,22,23,24);1H. The Morgan fingerprint density at radius 3 is 2.39 bits per heavy atom. The highest BCUT2D eigenvalue weighted by Crippen LogP contribution is 2.22. The number of rotatable bonds is 7. The van der Waals surface area contributed by atoms with Crippen LogP contribution in [0.5, 0.6) is 5.75 Å². The van der Waals surface area contributed by atoms with E-state index in [0.717, 1.165) is 31.5 Å². The van der Waals surface area contributed by atoms with Crippen molar-refractivity contribution in [2.24, 2.45) is 4.99 Å². The Hall–Kier alpha value is -1.72. The minimum Gasteiger partial charge on any atom is -0.406 e. The van der Waals surface area contributed by atoms with Gasteiger partial charge in [0.1, 0.15) is 12.3 Å². The van der Waals surface area contributed by atoms with E-state index in [0.29, 0.717) is 25.5 Å². The highest BCUT2D eigenvalue weighted by molar-refractivity contribution is 14.0. The first-order chi connectivity index (χ1) is 12.9. The van der Waals surface area contributed by atoms with Crippen LogP contribution in [0.2, 0.25) is 0 Å². The summed E-state index contributed by atoms with van der Waals surface area (Å²) in [4.78, 5) is 18.2. The van der Waals surface area contributed by atoms with E-state index >= 15 is 0 Å². The molecule has 0 spiro atoms. The van der Waals surface area contributed by atoms with Crippen molar-refractivity contribution in [1.29, 1.82) is 0 Å². The van der Waals surface area contributed by atoms with Crippen molar-refractivity contribution >= 4 is 35.8 Å². The van der Waals surface area contributed by atoms with E-state index in [4.69, 9.17) is 0 Å². The zero-order valence-corrected chi connectivity index (χ0v) is 18.0. The van der Waals surface area contributed by atoms with Crippen LogP contribution >= 0.6 is 24.0 Å². The quantitative estimate of drug-likeness (QED) is 0.334. The van der Waals surface area contributed by atoms with E-state index in [1.165, 1.54) is 12.1 Å². The summed E-state index contributed by atoms with van der Waals surface area (Å²) in [6.45, 7) is 4.81. The van der Waals surface area contributed by atoms with Gasteiger partial charge >= 0.3 is 6.36 Å². The number of hydrogen-bond donors (Lipinski definition) is 2. The fraction of sp³-hybridized carbons (Fsp3) is 0.556. The first kappa shape index (κ1) is 24.3. The van der Waals surface area contributed by atoms with Crippen LogP contribution in [0.15, 0.2) is 29.3 Å². The van der Waals surface area contributed by atoms with Gasteiger partial charge in [-0.2, -0.15) is 0 Å². The van der Waals surface area contributed by atoms with E-state index in [1.807, 2.05) is 11.8 Å². The lowest BCUT2D eigenvalue weighted by Crippen LogP contribution is -2.39. The molecule has 6 nitrogen and oxygen atoms in total. The molecule has 1 fully saturated rings. The van der Waals surface area contributed by atoms with Crippen LogP contribution in [0.25, 0.3) is 0 Å². The lowest BCUT2D eigenvalue weighted by atomic mass is 10.1. The maximum absolute atomic E-state index is 12.2. The molecule has 1 aromatic rings. The number of amides is 1. The summed E-state index contributed by atoms with van der Waals surface area (Å²) in [5.41, 5.74) is 0.862. The number of nitrogens with zero attached hydrogens (tertiary/aromatic N) is 2. The van der Waals surface area contributed by atoms with Gasteiger partial charge in [0.2, 0.25) is 5.91 Å². The summed E-state index contributed by atoms with van der Waals surface area (Å²) in [6, 6.07) is 5.75. The van der Waals surface area contributed by atoms with Crippen molar-refractivity contribution in [1.82, 2.24) is 15.5 Å². The summed E-state index contributed by atoms with van der Waals surface area (Å²) in [7, 11) is 0. The summed E-state index contributed by atoms with van der Waals surface area (Å²) in [5.74, 6) is 0.321. The van der Waals surface area contributed by atoms with Gasteiger partial charge in [-0.05, 0) is 43.9 Å². The molecule has 1 aliphatic rings. The number of ether oxygens (including phenoxy) is 1. The summed E-state index contributed by atoms with van der Waals surface area (Å²) < 4.78 is 40.3. The number of alkyl halides is 3. The number of likely N-dealkylation sites (tertiary alicyclic amines) is 1. The fourth-order valence-corrected chi connectivity index (χ4v) is 2.74. The molecule has 0 bridgehead atoms. The van der Waals surface area contributed by atoms with E-state index < -0.39 is 6.36 Å². The van der Waals surface area contributed by atoms with E-state index in [9.17, 15) is 18.0 Å². The van der Waals surface area contributed by atoms with E-state index in [-0.39, 0.29) is 42.2 Å². The predicted molar refractivity (Wildman–Crippen MR) is 112 cm³/mol. The Morgan fingerprint density at radius 2 is 1.82 bits per heavy atom. The van der Waals surface area contributed by atoms with Crippen LogP contribution < -0.4 is 15.4 Å². The Labute approximate surface area is 179 Å². The number of guanidine groups is 1. The average Bonchev–Trinajstić information content (AvgIpc) is 3.14. The molecule has 2 rings (SSSR count). The van der Waals surface area contributed by atoms with Gasteiger partial charge in [-0.15, -0.1) is 37.1 Å². The third-order valence-electron chi connectivity index (χ3n) is 4.04. The molecular formula is C18H26F3IN4O2. The van der Waals surface area contributed by atoms with Gasteiger partial charge < -0.3 is 20.3 Å². The Bertz CT molecular complexity index is 633. The van der Waals surface area contributed by atoms with Gasteiger partial charge in [-0.3, -0.25) is 4.79 Å². The molecule has 0 aromatic heterocycles. The number of halogens is 4. The molecule has 0 aliphatic carbocycles. The fourth-order valence-electron chi connectivity index (χ4n) is 2.74. The van der Waals surface area contributed by atoms with Crippen LogP contribution in [-0.4, -0.2) is 55.9 Å². The molecule has 0 saturated carbocycles. The largest absolute Gasteiger partial charge is 0.573 e. The Morgan fingerprint density at radius 1 is 1.18 bits per heavy atom. The van der Waals surface area contributed by atoms with Crippen molar-refractivity contribution in [2.45, 2.75) is 32.5 Å². The average molecular weight is 514 g/mol. The van der Waals surface area contributed by atoms with Crippen LogP contribution in [0, 0.1) is 0 Å². The number of aliphatic imine (C=N–C) groups is 1. The molecule has 0 atom stereocenters. The number of nitrogens with one attached hydrogen (secondary N) is 2. The van der Waals surface area contributed by atoms with Crippen molar-refractivity contribution in [3.8, 4) is 5.75 Å². The summed E-state index contributed by atoms with van der Waals surface area (Å²) >= 11 is 0. The SMILES string of the molecule is CCNC(=NCC(=O)N1CCCC1)NCCc1ccc(OC(F)(F)F)cc1.I. The molecule has 0 radical (unpaired) electrons. The second-order valence-corrected chi connectivity index (χ2v) is 6.15. The molecule has 1 amide bonds. The Kier molecular flexibility index (Phi) is 10.4. The van der Waals surface area contributed by atoms with Gasteiger partial charge in [-0.1, -0.05) is 12.1 Å². The molecule has 1 aliphatic heterocycles. The van der Waals surface area contributed by atoms with Crippen molar-refractivity contribution in [3.05, 3.63) is 29.8 Å². The van der Waals surface area contributed by atoms with Gasteiger partial charge in [0, 0.05) is 26.2 Å². The maximum atomic E-state index is 12.2. The highest BCUT2D eigenvalue weighted by atomic mass is 127. The van der Waals surface area contributed by atoms with E-state index in [2.05, 4.69) is 20.4 Å². The van der Waals surface area contributed by atoms with Gasteiger partial charge in [-0.25, -0.2) is 4.99 Å². The number of hydrogen-bond acceptors (Lipinski definition) is 3. The van der Waals surface area contributed by atoms with Gasteiger partial charge in [0.25, 0.3) is 0 Å². The molecule has 1 aromatic carbocycles. The normalized spacial score (nSPS) is 14.4. The molecular weight excluding hydrogens is 488 g/mol. The zero-order valence-electron chi connectivity index (χ0n) is 15.7. The van der Waals surface area contributed by atoms with Crippen LogP contribution in [0.1, 0.15) is 25.3 Å². The third-order valence-corrected chi connectivity index (χ3v) is 4.04. The van der Waals surface area contributed by atoms with Crippen LogP contribution in [0.4, 0.5) is 13.2 Å². The van der Waals surface area contributed by atoms with Gasteiger partial charge in [0.05, 0.1) is 0 Å². The maximum Gasteiger partial charge on any atom is 0.573 e. The topological polar surface area (TPSA) is 66.0 Å².